The lowest BCUT2D eigenvalue weighted by Crippen LogP contribution is -2.40. The van der Waals surface area contributed by atoms with E-state index in [0.29, 0.717) is 5.78 Å². The summed E-state index contributed by atoms with van der Waals surface area (Å²) in [6.07, 6.45) is 8.27. The van der Waals surface area contributed by atoms with E-state index in [9.17, 15) is 4.79 Å². The van der Waals surface area contributed by atoms with E-state index in [-0.39, 0.29) is 17.6 Å². The van der Waals surface area contributed by atoms with E-state index in [1.165, 1.54) is 0 Å². The van der Waals surface area contributed by atoms with Crippen molar-refractivity contribution in [2.75, 3.05) is 0 Å². The summed E-state index contributed by atoms with van der Waals surface area (Å²) >= 11 is 0. The van der Waals surface area contributed by atoms with Gasteiger partial charge in [0.05, 0.1) is 17.6 Å². The molecule has 2 heteroatoms. The minimum atomic E-state index is -0.153. The Morgan fingerprint density at radius 3 is 3.25 bits per heavy atom. The second kappa shape index (κ2) is 1.99. The number of ketones is 1. The highest BCUT2D eigenvalue weighted by molar-refractivity contribution is 5.84. The van der Waals surface area contributed by atoms with Crippen LogP contribution in [0.4, 0.5) is 0 Å². The average Bonchev–Trinajstić information content (AvgIpc) is 2.60. The number of carbonyl (C=O) groups is 1. The van der Waals surface area contributed by atoms with Crippen LogP contribution >= 0.6 is 0 Å². The maximum atomic E-state index is 11.5. The van der Waals surface area contributed by atoms with Crippen molar-refractivity contribution in [3.8, 4) is 0 Å². The van der Waals surface area contributed by atoms with E-state index >= 15 is 0 Å². The summed E-state index contributed by atoms with van der Waals surface area (Å²) in [5, 5.41) is 0. The summed E-state index contributed by atoms with van der Waals surface area (Å²) in [7, 11) is 0. The van der Waals surface area contributed by atoms with Crippen molar-refractivity contribution in [3.63, 3.8) is 0 Å². The minimum Gasteiger partial charge on any atom is -0.363 e. The summed E-state index contributed by atoms with van der Waals surface area (Å²) < 4.78 is 5.80. The van der Waals surface area contributed by atoms with Crippen molar-refractivity contribution < 1.29 is 9.53 Å². The maximum absolute atomic E-state index is 11.5. The molecule has 0 unspecified atom stereocenters. The molecule has 0 amide bonds. The van der Waals surface area contributed by atoms with E-state index in [0.717, 1.165) is 25.7 Å². The minimum absolute atomic E-state index is 0.153. The lowest BCUT2D eigenvalue weighted by atomic mass is 9.72. The zero-order valence-corrected chi connectivity index (χ0v) is 6.95. The van der Waals surface area contributed by atoms with Gasteiger partial charge in [0, 0.05) is 6.42 Å². The molecule has 2 aliphatic heterocycles. The lowest BCUT2D eigenvalue weighted by Gasteiger charge is -2.33. The number of ether oxygens (including phenoxy) is 1. The summed E-state index contributed by atoms with van der Waals surface area (Å²) in [6, 6.07) is 0. The zero-order valence-electron chi connectivity index (χ0n) is 6.95. The van der Waals surface area contributed by atoms with Crippen LogP contribution in [0.5, 0.6) is 0 Å². The number of rotatable bonds is 0. The molecule has 2 bridgehead atoms. The number of carbonyl (C=O) groups excluding carboxylic acids is 1. The van der Waals surface area contributed by atoms with Gasteiger partial charge >= 0.3 is 0 Å². The number of hydrogen-bond donors (Lipinski definition) is 0. The molecular formula is C10H12O2. The van der Waals surface area contributed by atoms with E-state index in [2.05, 4.69) is 12.2 Å². The molecule has 3 rings (SSSR count). The van der Waals surface area contributed by atoms with E-state index in [4.69, 9.17) is 4.74 Å². The first-order valence-electron chi connectivity index (χ1n) is 4.70. The molecule has 2 nitrogen and oxygen atoms in total. The van der Waals surface area contributed by atoms with Crippen LogP contribution < -0.4 is 0 Å². The highest BCUT2D eigenvalue weighted by Gasteiger charge is 2.54. The Morgan fingerprint density at radius 2 is 2.50 bits per heavy atom. The van der Waals surface area contributed by atoms with Crippen LogP contribution in [0.25, 0.3) is 0 Å². The summed E-state index contributed by atoms with van der Waals surface area (Å²) in [5.74, 6) is 0.620. The van der Waals surface area contributed by atoms with Gasteiger partial charge in [0.1, 0.15) is 5.78 Å². The van der Waals surface area contributed by atoms with Gasteiger partial charge in [-0.25, -0.2) is 0 Å². The highest BCUT2D eigenvalue weighted by atomic mass is 16.5. The maximum Gasteiger partial charge on any atom is 0.139 e. The van der Waals surface area contributed by atoms with E-state index < -0.39 is 0 Å². The van der Waals surface area contributed by atoms with Gasteiger partial charge in [-0.05, 0) is 19.3 Å². The first kappa shape index (κ1) is 6.84. The number of Topliss-reactive ketones (excluding diaryl/α,β-unsaturated/α-hetero) is 1. The van der Waals surface area contributed by atoms with Gasteiger partial charge in [-0.2, -0.15) is 0 Å². The molecule has 64 valence electrons. The van der Waals surface area contributed by atoms with Crippen molar-refractivity contribution in [1.82, 2.24) is 0 Å². The number of hydrogen-bond acceptors (Lipinski definition) is 2. The second-order valence-corrected chi connectivity index (χ2v) is 4.08. The van der Waals surface area contributed by atoms with Crippen LogP contribution in [0.2, 0.25) is 0 Å². The molecule has 0 aromatic rings. The highest BCUT2D eigenvalue weighted by Crippen LogP contribution is 2.49. The molecule has 12 heavy (non-hydrogen) atoms. The molecule has 2 fully saturated rings. The Balaban J connectivity index is 2.03. The van der Waals surface area contributed by atoms with Gasteiger partial charge in [-0.3, -0.25) is 4.79 Å². The molecule has 1 aliphatic carbocycles. The molecule has 1 spiro atoms. The largest absolute Gasteiger partial charge is 0.363 e. The zero-order chi connectivity index (χ0) is 8.18. The molecule has 0 aromatic carbocycles. The normalized spacial score (nSPS) is 49.8. The van der Waals surface area contributed by atoms with Crippen LogP contribution in [0, 0.1) is 5.92 Å². The monoisotopic (exact) mass is 164 g/mol. The molecule has 1 saturated carbocycles. The van der Waals surface area contributed by atoms with Gasteiger partial charge < -0.3 is 4.74 Å². The van der Waals surface area contributed by atoms with Gasteiger partial charge in [0.2, 0.25) is 0 Å². The van der Waals surface area contributed by atoms with Crippen LogP contribution in [0.3, 0.4) is 0 Å². The SMILES string of the molecule is O=C1CCC[C@@]23C=C[C@@H](C[C@H]12)O3. The fourth-order valence-corrected chi connectivity index (χ4v) is 2.82. The van der Waals surface area contributed by atoms with Crippen LogP contribution in [-0.4, -0.2) is 17.5 Å². The van der Waals surface area contributed by atoms with Crippen molar-refractivity contribution in [3.05, 3.63) is 12.2 Å². The van der Waals surface area contributed by atoms with Gasteiger partial charge in [0.25, 0.3) is 0 Å². The quantitative estimate of drug-likeness (QED) is 0.506. The van der Waals surface area contributed by atoms with Crippen molar-refractivity contribution in [2.45, 2.75) is 37.4 Å². The average molecular weight is 164 g/mol. The Kier molecular flexibility index (Phi) is 1.14. The van der Waals surface area contributed by atoms with Crippen LogP contribution in [-0.2, 0) is 9.53 Å². The fraction of sp³-hybridized carbons (Fsp3) is 0.700. The smallest absolute Gasteiger partial charge is 0.139 e. The second-order valence-electron chi connectivity index (χ2n) is 4.08. The standard InChI is InChI=1S/C10H12O2/c11-9-2-1-4-10-5-3-7(12-10)6-8(9)10/h3,5,7-8H,1-2,4,6H2/t7-,8+,10+/m0/s1. The third kappa shape index (κ3) is 0.667. The molecule has 0 aromatic heterocycles. The third-order valence-corrected chi connectivity index (χ3v) is 3.40. The third-order valence-electron chi connectivity index (χ3n) is 3.40. The Labute approximate surface area is 71.6 Å². The Bertz CT molecular complexity index is 269. The van der Waals surface area contributed by atoms with Gasteiger partial charge in [0.15, 0.2) is 0 Å². The van der Waals surface area contributed by atoms with E-state index in [1.54, 1.807) is 0 Å². The predicted molar refractivity (Wildman–Crippen MR) is 43.7 cm³/mol. The molecule has 0 radical (unpaired) electrons. The van der Waals surface area contributed by atoms with Gasteiger partial charge in [-0.15, -0.1) is 0 Å². The first-order valence-corrected chi connectivity index (χ1v) is 4.70. The van der Waals surface area contributed by atoms with Crippen LogP contribution in [0.15, 0.2) is 12.2 Å². The topological polar surface area (TPSA) is 26.3 Å². The Hall–Kier alpha value is -0.630. The van der Waals surface area contributed by atoms with Gasteiger partial charge in [-0.1, -0.05) is 12.2 Å². The summed E-state index contributed by atoms with van der Waals surface area (Å²) in [6.45, 7) is 0. The molecule has 0 N–H and O–H groups in total. The molecule has 3 aliphatic rings. The predicted octanol–water partition coefficient (Wildman–Crippen LogP) is 1.45. The van der Waals surface area contributed by atoms with Crippen molar-refractivity contribution in [2.24, 2.45) is 5.92 Å². The molecule has 3 atom stereocenters. The van der Waals surface area contributed by atoms with Crippen molar-refractivity contribution >= 4 is 5.78 Å². The summed E-state index contributed by atoms with van der Waals surface area (Å²) in [5.41, 5.74) is -0.153. The first-order chi connectivity index (χ1) is 5.80. The lowest BCUT2D eigenvalue weighted by molar-refractivity contribution is -0.130. The Morgan fingerprint density at radius 1 is 1.58 bits per heavy atom. The molecule has 2 heterocycles. The molecule has 1 saturated heterocycles. The summed E-state index contributed by atoms with van der Waals surface area (Å²) in [4.78, 5) is 11.5. The van der Waals surface area contributed by atoms with E-state index in [1.807, 2.05) is 0 Å². The van der Waals surface area contributed by atoms with Crippen LogP contribution in [0.1, 0.15) is 25.7 Å². The molecular weight excluding hydrogens is 152 g/mol. The fourth-order valence-electron chi connectivity index (χ4n) is 2.82. The number of fused-ring (bicyclic) bond motifs is 1. The van der Waals surface area contributed by atoms with Crippen molar-refractivity contribution in [1.29, 1.82) is 0 Å².